The second-order valence-electron chi connectivity index (χ2n) is 7.35. The van der Waals surface area contributed by atoms with Crippen LogP contribution < -0.4 is 5.32 Å². The van der Waals surface area contributed by atoms with Gasteiger partial charge in [-0.05, 0) is 42.1 Å². The van der Waals surface area contributed by atoms with Crippen LogP contribution in [0, 0.1) is 6.92 Å². The van der Waals surface area contributed by atoms with Crippen molar-refractivity contribution in [3.8, 4) is 5.69 Å². The smallest absolute Gasteiger partial charge is 0.395 e. The number of aromatic nitrogens is 2. The Bertz CT molecular complexity index is 1280. The van der Waals surface area contributed by atoms with E-state index in [0.29, 0.717) is 29.1 Å². The first-order valence-corrected chi connectivity index (χ1v) is 10.7. The highest BCUT2D eigenvalue weighted by Crippen LogP contribution is 2.34. The van der Waals surface area contributed by atoms with Crippen LogP contribution in [0.3, 0.4) is 0 Å². The number of carbonyl (C=O) groups excluding carboxylic acids is 1. The topological polar surface area (TPSA) is 67.2 Å². The molecule has 32 heavy (non-hydrogen) atoms. The molecule has 0 aliphatic heterocycles. The molecule has 0 atom stereocenters. The molecular weight excluding hydrogens is 439 g/mol. The van der Waals surface area contributed by atoms with Crippen molar-refractivity contribution in [3.63, 3.8) is 0 Å². The first kappa shape index (κ1) is 22.0. The van der Waals surface area contributed by atoms with Crippen LogP contribution in [0.4, 0.5) is 13.2 Å². The molecule has 9 heteroatoms. The van der Waals surface area contributed by atoms with Gasteiger partial charge in [0.05, 0.1) is 28.3 Å². The van der Waals surface area contributed by atoms with E-state index in [0.717, 1.165) is 21.0 Å². The Morgan fingerprint density at radius 2 is 1.94 bits per heavy atom. The molecule has 0 fully saturated rings. The maximum absolute atomic E-state index is 13.0. The average molecular weight is 459 g/mol. The molecular formula is C23H20F3N3O2S. The number of rotatable bonds is 6. The normalized spacial score (nSPS) is 11.8. The van der Waals surface area contributed by atoms with Crippen molar-refractivity contribution in [2.75, 3.05) is 13.2 Å². The molecule has 4 rings (SSSR count). The Morgan fingerprint density at radius 1 is 1.16 bits per heavy atom. The Labute approximate surface area is 186 Å². The third kappa shape index (κ3) is 4.53. The standard InChI is InChI=1S/C23H20F3N3O2S/c1-14-10-20(22(31)27-8-9-30)29(28-14)19-7-3-5-16-13-18(32-21(16)19)12-15-4-2-6-17(11-15)23(24,25)26/h2-7,10-11,13,30H,8-9,12H2,1H3,(H,27,31). The van der Waals surface area contributed by atoms with Gasteiger partial charge in [0.1, 0.15) is 5.69 Å². The van der Waals surface area contributed by atoms with Crippen LogP contribution >= 0.6 is 11.3 Å². The average Bonchev–Trinajstić information content (AvgIpc) is 3.34. The van der Waals surface area contributed by atoms with Gasteiger partial charge in [0, 0.05) is 17.8 Å². The van der Waals surface area contributed by atoms with E-state index in [4.69, 9.17) is 5.11 Å². The van der Waals surface area contributed by atoms with E-state index in [9.17, 15) is 18.0 Å². The first-order chi connectivity index (χ1) is 15.3. The lowest BCUT2D eigenvalue weighted by Gasteiger charge is -2.09. The van der Waals surface area contributed by atoms with E-state index in [1.165, 1.54) is 23.5 Å². The molecule has 166 valence electrons. The second kappa shape index (κ2) is 8.76. The zero-order valence-corrected chi connectivity index (χ0v) is 17.9. The summed E-state index contributed by atoms with van der Waals surface area (Å²) in [6.45, 7) is 1.75. The summed E-state index contributed by atoms with van der Waals surface area (Å²) in [5.74, 6) is -0.350. The molecule has 2 aromatic heterocycles. The molecule has 2 heterocycles. The monoisotopic (exact) mass is 459 g/mol. The van der Waals surface area contributed by atoms with Crippen molar-refractivity contribution in [2.24, 2.45) is 0 Å². The lowest BCUT2D eigenvalue weighted by atomic mass is 10.1. The molecule has 2 aromatic carbocycles. The lowest BCUT2D eigenvalue weighted by Crippen LogP contribution is -2.28. The fourth-order valence-corrected chi connectivity index (χ4v) is 4.71. The molecule has 4 aromatic rings. The number of hydrogen-bond donors (Lipinski definition) is 2. The number of carbonyl (C=O) groups is 1. The molecule has 0 unspecified atom stereocenters. The summed E-state index contributed by atoms with van der Waals surface area (Å²) >= 11 is 1.46. The van der Waals surface area contributed by atoms with Gasteiger partial charge < -0.3 is 10.4 Å². The number of halogens is 3. The fraction of sp³-hybridized carbons (Fsp3) is 0.217. The Kier molecular flexibility index (Phi) is 6.03. The summed E-state index contributed by atoms with van der Waals surface area (Å²) in [6.07, 6.45) is -4.01. The van der Waals surface area contributed by atoms with Gasteiger partial charge in [-0.3, -0.25) is 4.79 Å². The van der Waals surface area contributed by atoms with E-state index in [-0.39, 0.29) is 19.1 Å². The highest BCUT2D eigenvalue weighted by Gasteiger charge is 2.30. The zero-order valence-electron chi connectivity index (χ0n) is 17.1. The van der Waals surface area contributed by atoms with E-state index >= 15 is 0 Å². The van der Waals surface area contributed by atoms with Crippen LogP contribution in [-0.2, 0) is 12.6 Å². The van der Waals surface area contributed by atoms with Gasteiger partial charge in [-0.15, -0.1) is 11.3 Å². The summed E-state index contributed by atoms with van der Waals surface area (Å²) in [7, 11) is 0. The number of alkyl halides is 3. The fourth-order valence-electron chi connectivity index (χ4n) is 3.52. The molecule has 2 N–H and O–H groups in total. The van der Waals surface area contributed by atoms with Crippen LogP contribution in [0.1, 0.15) is 32.2 Å². The molecule has 0 radical (unpaired) electrons. The minimum absolute atomic E-state index is 0.132. The summed E-state index contributed by atoms with van der Waals surface area (Å²) in [6, 6.07) is 14.6. The summed E-state index contributed by atoms with van der Waals surface area (Å²) in [5, 5.41) is 17.0. The van der Waals surface area contributed by atoms with Crippen LogP contribution in [0.2, 0.25) is 0 Å². The Morgan fingerprint density at radius 3 is 2.69 bits per heavy atom. The number of nitrogens with zero attached hydrogens (tertiary/aromatic N) is 2. The SMILES string of the molecule is Cc1cc(C(=O)NCCO)n(-c2cccc3cc(Cc4cccc(C(F)(F)F)c4)sc23)n1. The van der Waals surface area contributed by atoms with Crippen molar-refractivity contribution in [2.45, 2.75) is 19.5 Å². The largest absolute Gasteiger partial charge is 0.416 e. The highest BCUT2D eigenvalue weighted by molar-refractivity contribution is 7.19. The van der Waals surface area contributed by atoms with Gasteiger partial charge in [0.15, 0.2) is 0 Å². The summed E-state index contributed by atoms with van der Waals surface area (Å²) in [5.41, 5.74) is 1.63. The predicted octanol–water partition coefficient (Wildman–Crippen LogP) is 4.73. The van der Waals surface area contributed by atoms with Crippen molar-refractivity contribution in [3.05, 3.63) is 82.0 Å². The van der Waals surface area contributed by atoms with Gasteiger partial charge in [-0.1, -0.05) is 30.3 Å². The molecule has 0 aliphatic carbocycles. The molecule has 0 saturated heterocycles. The molecule has 0 aliphatic rings. The number of aryl methyl sites for hydroxylation is 1. The van der Waals surface area contributed by atoms with Gasteiger partial charge in [0.2, 0.25) is 0 Å². The van der Waals surface area contributed by atoms with Crippen LogP contribution in [0.25, 0.3) is 15.8 Å². The number of hydrogen-bond acceptors (Lipinski definition) is 4. The number of amides is 1. The van der Waals surface area contributed by atoms with Crippen molar-refractivity contribution >= 4 is 27.3 Å². The lowest BCUT2D eigenvalue weighted by molar-refractivity contribution is -0.137. The van der Waals surface area contributed by atoms with Gasteiger partial charge in [-0.2, -0.15) is 18.3 Å². The first-order valence-electron chi connectivity index (χ1n) is 9.90. The molecule has 0 spiro atoms. The number of fused-ring (bicyclic) bond motifs is 1. The van der Waals surface area contributed by atoms with E-state index in [2.05, 4.69) is 10.4 Å². The van der Waals surface area contributed by atoms with Crippen LogP contribution in [0.5, 0.6) is 0 Å². The second-order valence-corrected chi connectivity index (χ2v) is 8.48. The molecule has 5 nitrogen and oxygen atoms in total. The van der Waals surface area contributed by atoms with E-state index in [1.54, 1.807) is 23.7 Å². The van der Waals surface area contributed by atoms with Gasteiger partial charge in [-0.25, -0.2) is 4.68 Å². The third-order valence-corrected chi connectivity index (χ3v) is 6.07. The zero-order chi connectivity index (χ0) is 22.9. The summed E-state index contributed by atoms with van der Waals surface area (Å²) in [4.78, 5) is 13.4. The quantitative estimate of drug-likeness (QED) is 0.438. The Hall–Kier alpha value is -3.17. The number of benzene rings is 2. The maximum atomic E-state index is 13.0. The number of aliphatic hydroxyl groups is 1. The van der Waals surface area contributed by atoms with Gasteiger partial charge in [0.25, 0.3) is 5.91 Å². The van der Waals surface area contributed by atoms with Gasteiger partial charge >= 0.3 is 6.18 Å². The Balaban J connectivity index is 1.71. The minimum atomic E-state index is -4.38. The van der Waals surface area contributed by atoms with Crippen molar-refractivity contribution in [1.29, 1.82) is 0 Å². The molecule has 0 saturated carbocycles. The molecule has 0 bridgehead atoms. The maximum Gasteiger partial charge on any atom is 0.416 e. The van der Waals surface area contributed by atoms with Crippen LogP contribution in [-0.4, -0.2) is 33.9 Å². The number of nitrogens with one attached hydrogen (secondary N) is 1. The third-order valence-electron chi connectivity index (χ3n) is 4.90. The molecule has 1 amide bonds. The highest BCUT2D eigenvalue weighted by atomic mass is 32.1. The van der Waals surface area contributed by atoms with Crippen molar-refractivity contribution in [1.82, 2.24) is 15.1 Å². The van der Waals surface area contributed by atoms with E-state index in [1.807, 2.05) is 24.3 Å². The van der Waals surface area contributed by atoms with E-state index < -0.39 is 11.7 Å². The van der Waals surface area contributed by atoms with Crippen LogP contribution in [0.15, 0.2) is 54.6 Å². The van der Waals surface area contributed by atoms with Crippen molar-refractivity contribution < 1.29 is 23.1 Å². The number of thiophene rings is 1. The summed E-state index contributed by atoms with van der Waals surface area (Å²) < 4.78 is 41.6. The minimum Gasteiger partial charge on any atom is -0.395 e. The predicted molar refractivity (Wildman–Crippen MR) is 117 cm³/mol. The number of aliphatic hydroxyl groups excluding tert-OH is 1.